The SMILES string of the molecule is CN(C)CCCN1c2ccccc2C(C)(C)c2ccccc21.Clc1ccc2c(c1)C(N1CCNCC1)=Nc1ccccc1O2. The summed E-state index contributed by atoms with van der Waals surface area (Å²) in [6.07, 6.45) is 1.16. The lowest BCUT2D eigenvalue weighted by Crippen LogP contribution is -2.46. The molecule has 1 saturated heterocycles. The predicted molar refractivity (Wildman–Crippen MR) is 184 cm³/mol. The summed E-state index contributed by atoms with van der Waals surface area (Å²) in [5.41, 5.74) is 7.45. The predicted octanol–water partition coefficient (Wildman–Crippen LogP) is 7.84. The molecule has 0 unspecified atom stereocenters. The molecule has 228 valence electrons. The van der Waals surface area contributed by atoms with Crippen LogP contribution in [0.15, 0.2) is 96.0 Å². The van der Waals surface area contributed by atoms with Gasteiger partial charge in [-0.2, -0.15) is 0 Å². The topological polar surface area (TPSA) is 43.3 Å². The van der Waals surface area contributed by atoms with E-state index in [2.05, 4.69) is 96.5 Å². The number of halogens is 1. The molecule has 1 fully saturated rings. The molecule has 4 aromatic rings. The van der Waals surface area contributed by atoms with E-state index in [1.165, 1.54) is 22.5 Å². The van der Waals surface area contributed by atoms with Crippen LogP contribution in [0, 0.1) is 0 Å². The third kappa shape index (κ3) is 6.20. The van der Waals surface area contributed by atoms with Crippen molar-refractivity contribution in [3.63, 3.8) is 0 Å². The summed E-state index contributed by atoms with van der Waals surface area (Å²) in [6, 6.07) is 31.3. The van der Waals surface area contributed by atoms with Gasteiger partial charge < -0.3 is 24.8 Å². The van der Waals surface area contributed by atoms with E-state index in [4.69, 9.17) is 21.3 Å². The maximum absolute atomic E-state index is 6.20. The number of fused-ring (bicyclic) bond motifs is 4. The summed E-state index contributed by atoms with van der Waals surface area (Å²) in [4.78, 5) is 11.9. The summed E-state index contributed by atoms with van der Waals surface area (Å²) in [5, 5.41) is 4.06. The molecule has 0 amide bonds. The monoisotopic (exact) mass is 607 g/mol. The number of nitrogens with one attached hydrogen (secondary N) is 1. The quantitative estimate of drug-likeness (QED) is 0.256. The molecule has 0 aromatic heterocycles. The van der Waals surface area contributed by atoms with Gasteiger partial charge in [-0.15, -0.1) is 0 Å². The molecule has 0 bridgehead atoms. The third-order valence-electron chi connectivity index (χ3n) is 8.63. The second-order valence-corrected chi connectivity index (χ2v) is 12.8. The van der Waals surface area contributed by atoms with Crippen molar-refractivity contribution in [2.75, 3.05) is 58.3 Å². The van der Waals surface area contributed by atoms with E-state index in [0.717, 1.165) is 74.3 Å². The highest BCUT2D eigenvalue weighted by Crippen LogP contribution is 2.48. The maximum Gasteiger partial charge on any atom is 0.153 e. The number of benzene rings is 4. The lowest BCUT2D eigenvalue weighted by molar-refractivity contribution is 0.357. The molecule has 7 heteroatoms. The summed E-state index contributed by atoms with van der Waals surface area (Å²) in [7, 11) is 4.28. The largest absolute Gasteiger partial charge is 0.454 e. The molecule has 44 heavy (non-hydrogen) atoms. The zero-order valence-corrected chi connectivity index (χ0v) is 26.9. The second-order valence-electron chi connectivity index (χ2n) is 12.4. The Morgan fingerprint density at radius 1 is 0.841 bits per heavy atom. The molecule has 7 rings (SSSR count). The fourth-order valence-electron chi connectivity index (χ4n) is 6.35. The van der Waals surface area contributed by atoms with Crippen LogP contribution in [0.3, 0.4) is 0 Å². The second kappa shape index (κ2) is 13.0. The Morgan fingerprint density at radius 3 is 2.16 bits per heavy atom. The third-order valence-corrected chi connectivity index (χ3v) is 8.87. The molecule has 0 radical (unpaired) electrons. The van der Waals surface area contributed by atoms with Crippen LogP contribution >= 0.6 is 11.6 Å². The van der Waals surface area contributed by atoms with E-state index in [1.807, 2.05) is 42.5 Å². The van der Waals surface area contributed by atoms with Crippen molar-refractivity contribution in [2.24, 2.45) is 4.99 Å². The van der Waals surface area contributed by atoms with Gasteiger partial charge in [0.1, 0.15) is 17.3 Å². The van der Waals surface area contributed by atoms with Gasteiger partial charge in [-0.25, -0.2) is 4.99 Å². The number of nitrogens with zero attached hydrogens (tertiary/aromatic N) is 4. The molecule has 6 nitrogen and oxygen atoms in total. The normalized spacial score (nSPS) is 16.3. The van der Waals surface area contributed by atoms with Crippen LogP contribution in [0.5, 0.6) is 11.5 Å². The number of aliphatic imine (C=N–C) groups is 1. The molecule has 0 saturated carbocycles. The summed E-state index contributed by atoms with van der Waals surface area (Å²) < 4.78 is 6.06. The van der Waals surface area contributed by atoms with Crippen molar-refractivity contribution >= 4 is 34.5 Å². The first-order valence-electron chi connectivity index (χ1n) is 15.6. The molecular formula is C37H42ClN5O. The van der Waals surface area contributed by atoms with Gasteiger partial charge in [-0.1, -0.05) is 74.0 Å². The highest BCUT2D eigenvalue weighted by molar-refractivity contribution is 6.31. The molecule has 0 spiro atoms. The Morgan fingerprint density at radius 2 is 1.48 bits per heavy atom. The van der Waals surface area contributed by atoms with Crippen molar-refractivity contribution in [1.29, 1.82) is 0 Å². The summed E-state index contributed by atoms with van der Waals surface area (Å²) in [5.74, 6) is 2.51. The number of hydrogen-bond donors (Lipinski definition) is 1. The molecular weight excluding hydrogens is 566 g/mol. The zero-order valence-electron chi connectivity index (χ0n) is 26.2. The van der Waals surface area contributed by atoms with Crippen LogP contribution in [0.1, 0.15) is 37.0 Å². The van der Waals surface area contributed by atoms with Crippen LogP contribution in [0.25, 0.3) is 0 Å². The number of rotatable bonds is 4. The van der Waals surface area contributed by atoms with Gasteiger partial charge in [0, 0.05) is 54.5 Å². The van der Waals surface area contributed by atoms with Gasteiger partial charge in [-0.05, 0) is 80.7 Å². The molecule has 1 N–H and O–H groups in total. The average molecular weight is 608 g/mol. The van der Waals surface area contributed by atoms with Gasteiger partial charge in [0.05, 0.1) is 5.56 Å². The van der Waals surface area contributed by atoms with Crippen molar-refractivity contribution in [3.8, 4) is 11.5 Å². The smallest absolute Gasteiger partial charge is 0.153 e. The zero-order chi connectivity index (χ0) is 30.7. The first-order valence-corrected chi connectivity index (χ1v) is 15.9. The number of anilines is 2. The minimum atomic E-state index is 0.0607. The van der Waals surface area contributed by atoms with E-state index in [0.29, 0.717) is 5.02 Å². The molecule has 4 aromatic carbocycles. The van der Waals surface area contributed by atoms with E-state index < -0.39 is 0 Å². The van der Waals surface area contributed by atoms with Crippen molar-refractivity contribution in [1.82, 2.24) is 15.1 Å². The minimum Gasteiger partial charge on any atom is -0.454 e. The van der Waals surface area contributed by atoms with Gasteiger partial charge in [-0.3, -0.25) is 0 Å². The first-order chi connectivity index (χ1) is 21.3. The Bertz CT molecular complexity index is 1590. The fourth-order valence-corrected chi connectivity index (χ4v) is 6.52. The van der Waals surface area contributed by atoms with Gasteiger partial charge in [0.15, 0.2) is 5.75 Å². The van der Waals surface area contributed by atoms with Gasteiger partial charge >= 0.3 is 0 Å². The van der Waals surface area contributed by atoms with Crippen molar-refractivity contribution < 1.29 is 4.74 Å². The Labute approximate surface area is 266 Å². The molecule has 3 aliphatic rings. The lowest BCUT2D eigenvalue weighted by atomic mass is 9.73. The van der Waals surface area contributed by atoms with Gasteiger partial charge in [0.25, 0.3) is 0 Å². The van der Waals surface area contributed by atoms with Crippen LogP contribution in [-0.4, -0.2) is 69.0 Å². The number of amidine groups is 1. The molecule has 3 heterocycles. The van der Waals surface area contributed by atoms with E-state index >= 15 is 0 Å². The highest BCUT2D eigenvalue weighted by atomic mass is 35.5. The minimum absolute atomic E-state index is 0.0607. The number of ether oxygens (including phenoxy) is 1. The van der Waals surface area contributed by atoms with Gasteiger partial charge in [0.2, 0.25) is 0 Å². The Balaban J connectivity index is 0.000000156. The Kier molecular flexibility index (Phi) is 8.94. The van der Waals surface area contributed by atoms with E-state index in [9.17, 15) is 0 Å². The van der Waals surface area contributed by atoms with Crippen molar-refractivity contribution in [2.45, 2.75) is 25.7 Å². The fraction of sp³-hybridized carbons (Fsp3) is 0.324. The van der Waals surface area contributed by atoms with Crippen LogP contribution in [0.2, 0.25) is 5.02 Å². The summed E-state index contributed by atoms with van der Waals surface area (Å²) >= 11 is 6.20. The number of para-hydroxylation sites is 4. The molecule has 0 atom stereocenters. The van der Waals surface area contributed by atoms with Crippen LogP contribution < -0.4 is 15.0 Å². The van der Waals surface area contributed by atoms with Crippen LogP contribution in [-0.2, 0) is 5.41 Å². The van der Waals surface area contributed by atoms with Crippen LogP contribution in [0.4, 0.5) is 17.1 Å². The van der Waals surface area contributed by atoms with E-state index in [1.54, 1.807) is 0 Å². The van der Waals surface area contributed by atoms with E-state index in [-0.39, 0.29) is 5.41 Å². The maximum atomic E-state index is 6.20. The standard InChI is InChI=1S/C20H26N2.C17H16ClN3O/c1-20(2)16-10-5-7-12-18(16)22(15-9-14-21(3)4)19-13-8-6-11-17(19)20;18-12-5-6-15-13(11-12)17(21-9-7-19-8-10-21)20-14-3-1-2-4-16(14)22-15/h5-8,10-13H,9,14-15H2,1-4H3;1-6,11,19H,7-10H2. The lowest BCUT2D eigenvalue weighted by Gasteiger charge is -2.42. The Hall–Kier alpha value is -3.84. The van der Waals surface area contributed by atoms with Crippen molar-refractivity contribution in [3.05, 3.63) is 113 Å². The number of piperazine rings is 1. The summed E-state index contributed by atoms with van der Waals surface area (Å²) in [6.45, 7) is 10.6. The average Bonchev–Trinajstić information content (AvgIpc) is 3.20. The number of hydrogen-bond acceptors (Lipinski definition) is 6. The molecule has 0 aliphatic carbocycles. The first kappa shape index (κ1) is 30.2. The highest BCUT2D eigenvalue weighted by Gasteiger charge is 2.35. The molecule has 3 aliphatic heterocycles.